The van der Waals surface area contributed by atoms with Crippen molar-refractivity contribution in [1.29, 1.82) is 0 Å². The molecule has 1 aromatic rings. The average Bonchev–Trinajstić information content (AvgIpc) is 2.77. The van der Waals surface area contributed by atoms with Crippen LogP contribution in [0.3, 0.4) is 0 Å². The largest absolute Gasteiger partial charge is 0.480 e. The number of aromatic amines is 1. The van der Waals surface area contributed by atoms with Gasteiger partial charge in [0, 0.05) is 5.75 Å². The fourth-order valence-electron chi connectivity index (χ4n) is 1.52. The maximum absolute atomic E-state index is 11.1. The zero-order chi connectivity index (χ0) is 12.7. The number of likely N-dealkylation sites (N-methyl/N-ethyl adjacent to an activating group) is 1. The fraction of sp³-hybridized carbons (Fsp3) is 0.700. The number of aliphatic carboxylic acids is 1. The van der Waals surface area contributed by atoms with E-state index in [1.54, 1.807) is 18.7 Å². The number of carboxylic acid groups (broad SMARTS) is 1. The van der Waals surface area contributed by atoms with Crippen LogP contribution >= 0.6 is 11.8 Å². The molecular weight excluding hydrogens is 240 g/mol. The molecule has 0 radical (unpaired) electrons. The molecule has 0 aliphatic carbocycles. The second-order valence-corrected chi connectivity index (χ2v) is 4.99. The second kappa shape index (κ2) is 6.61. The normalized spacial score (nSPS) is 14.5. The SMILES string of the molecule is CCNC(C)(CCCSc1ncn[nH]1)C(=O)O. The summed E-state index contributed by atoms with van der Waals surface area (Å²) in [6.07, 6.45) is 2.86. The molecule has 0 aromatic carbocycles. The molecule has 1 aromatic heterocycles. The average molecular weight is 258 g/mol. The molecule has 0 spiro atoms. The van der Waals surface area contributed by atoms with Crippen LogP contribution in [0.4, 0.5) is 0 Å². The molecular formula is C10H18N4O2S. The van der Waals surface area contributed by atoms with Crippen molar-refractivity contribution in [2.24, 2.45) is 0 Å². The van der Waals surface area contributed by atoms with E-state index in [0.29, 0.717) is 13.0 Å². The van der Waals surface area contributed by atoms with Crippen LogP contribution in [-0.2, 0) is 4.79 Å². The van der Waals surface area contributed by atoms with Gasteiger partial charge in [-0.3, -0.25) is 9.89 Å². The molecule has 0 saturated heterocycles. The van der Waals surface area contributed by atoms with E-state index in [0.717, 1.165) is 17.3 Å². The van der Waals surface area contributed by atoms with E-state index in [9.17, 15) is 4.79 Å². The molecule has 96 valence electrons. The number of hydrogen-bond acceptors (Lipinski definition) is 5. The molecule has 0 bridgehead atoms. The highest BCUT2D eigenvalue weighted by atomic mass is 32.2. The Morgan fingerprint density at radius 3 is 3.00 bits per heavy atom. The van der Waals surface area contributed by atoms with Crippen LogP contribution in [0.2, 0.25) is 0 Å². The summed E-state index contributed by atoms with van der Waals surface area (Å²) < 4.78 is 0. The standard InChI is InChI=1S/C10H18N4O2S/c1-3-12-10(2,8(15)16)5-4-6-17-9-11-7-13-14-9/h7,12H,3-6H2,1-2H3,(H,15,16)(H,11,13,14). The van der Waals surface area contributed by atoms with Crippen molar-refractivity contribution in [3.05, 3.63) is 6.33 Å². The maximum atomic E-state index is 11.1. The van der Waals surface area contributed by atoms with Gasteiger partial charge in [0.1, 0.15) is 11.9 Å². The smallest absolute Gasteiger partial charge is 0.323 e. The number of hydrogen-bond donors (Lipinski definition) is 3. The quantitative estimate of drug-likeness (QED) is 0.478. The van der Waals surface area contributed by atoms with Crippen LogP contribution in [0, 0.1) is 0 Å². The fourth-order valence-corrected chi connectivity index (χ4v) is 2.24. The first-order valence-corrected chi connectivity index (χ1v) is 6.53. The predicted molar refractivity (Wildman–Crippen MR) is 66.1 cm³/mol. The number of carbonyl (C=O) groups is 1. The van der Waals surface area contributed by atoms with Crippen molar-refractivity contribution in [3.8, 4) is 0 Å². The molecule has 0 fully saturated rings. The van der Waals surface area contributed by atoms with Gasteiger partial charge >= 0.3 is 5.97 Å². The minimum atomic E-state index is -0.837. The zero-order valence-corrected chi connectivity index (χ0v) is 10.9. The van der Waals surface area contributed by atoms with E-state index in [1.807, 2.05) is 6.92 Å². The summed E-state index contributed by atoms with van der Waals surface area (Å²) >= 11 is 1.55. The Kier molecular flexibility index (Phi) is 5.43. The Labute approximate surface area is 105 Å². The summed E-state index contributed by atoms with van der Waals surface area (Å²) in [4.78, 5) is 15.1. The van der Waals surface area contributed by atoms with E-state index in [1.165, 1.54) is 6.33 Å². The monoisotopic (exact) mass is 258 g/mol. The Balaban J connectivity index is 2.30. The zero-order valence-electron chi connectivity index (χ0n) is 10.1. The molecule has 1 rings (SSSR count). The Morgan fingerprint density at radius 1 is 1.71 bits per heavy atom. The first-order valence-electron chi connectivity index (χ1n) is 5.55. The number of thioether (sulfide) groups is 1. The van der Waals surface area contributed by atoms with Gasteiger partial charge in [-0.25, -0.2) is 4.98 Å². The Hall–Kier alpha value is -1.08. The third kappa shape index (κ3) is 4.35. The lowest BCUT2D eigenvalue weighted by atomic mass is 9.96. The van der Waals surface area contributed by atoms with Gasteiger partial charge in [-0.2, -0.15) is 5.10 Å². The summed E-state index contributed by atoms with van der Waals surface area (Å²) in [6, 6.07) is 0. The van der Waals surface area contributed by atoms with Crippen molar-refractivity contribution < 1.29 is 9.90 Å². The molecule has 3 N–H and O–H groups in total. The summed E-state index contributed by atoms with van der Waals surface area (Å²) in [7, 11) is 0. The lowest BCUT2D eigenvalue weighted by molar-refractivity contribution is -0.144. The number of nitrogens with one attached hydrogen (secondary N) is 2. The van der Waals surface area contributed by atoms with E-state index >= 15 is 0 Å². The predicted octanol–water partition coefficient (Wildman–Crippen LogP) is 1.13. The summed E-state index contributed by atoms with van der Waals surface area (Å²) in [5, 5.41) is 19.4. The van der Waals surface area contributed by atoms with Crippen LogP contribution in [0.1, 0.15) is 26.7 Å². The van der Waals surface area contributed by atoms with Crippen molar-refractivity contribution >= 4 is 17.7 Å². The van der Waals surface area contributed by atoms with Crippen LogP contribution in [0.25, 0.3) is 0 Å². The minimum absolute atomic E-state index is 0.595. The number of H-pyrrole nitrogens is 1. The van der Waals surface area contributed by atoms with Gasteiger partial charge in [0.15, 0.2) is 5.16 Å². The Morgan fingerprint density at radius 2 is 2.47 bits per heavy atom. The topological polar surface area (TPSA) is 90.9 Å². The van der Waals surface area contributed by atoms with Crippen LogP contribution < -0.4 is 5.32 Å². The van der Waals surface area contributed by atoms with E-state index in [4.69, 9.17) is 5.11 Å². The lowest BCUT2D eigenvalue weighted by Gasteiger charge is -2.25. The molecule has 17 heavy (non-hydrogen) atoms. The first kappa shape index (κ1) is 14.0. The van der Waals surface area contributed by atoms with Gasteiger partial charge in [-0.05, 0) is 26.3 Å². The van der Waals surface area contributed by atoms with Gasteiger partial charge < -0.3 is 10.4 Å². The minimum Gasteiger partial charge on any atom is -0.480 e. The highest BCUT2D eigenvalue weighted by molar-refractivity contribution is 7.99. The molecule has 0 aliphatic heterocycles. The molecule has 0 aliphatic rings. The number of nitrogens with zero attached hydrogens (tertiary/aromatic N) is 2. The highest BCUT2D eigenvalue weighted by Crippen LogP contribution is 2.18. The van der Waals surface area contributed by atoms with Gasteiger partial charge in [0.2, 0.25) is 0 Å². The van der Waals surface area contributed by atoms with Crippen molar-refractivity contribution in [3.63, 3.8) is 0 Å². The third-order valence-electron chi connectivity index (χ3n) is 2.49. The lowest BCUT2D eigenvalue weighted by Crippen LogP contribution is -2.49. The number of carboxylic acids is 1. The highest BCUT2D eigenvalue weighted by Gasteiger charge is 2.31. The Bertz CT molecular complexity index is 344. The summed E-state index contributed by atoms with van der Waals surface area (Å²) in [5.74, 6) is 0.0210. The molecule has 1 heterocycles. The molecule has 1 atom stereocenters. The van der Waals surface area contributed by atoms with Gasteiger partial charge in [-0.1, -0.05) is 18.7 Å². The second-order valence-electron chi connectivity index (χ2n) is 3.91. The van der Waals surface area contributed by atoms with Gasteiger partial charge in [0.25, 0.3) is 0 Å². The van der Waals surface area contributed by atoms with Gasteiger partial charge in [0.05, 0.1) is 0 Å². The first-order chi connectivity index (χ1) is 8.08. The maximum Gasteiger partial charge on any atom is 0.323 e. The van der Waals surface area contributed by atoms with Crippen LogP contribution in [0.15, 0.2) is 11.5 Å². The van der Waals surface area contributed by atoms with Crippen LogP contribution in [-0.4, -0.2) is 44.1 Å². The molecule has 0 saturated carbocycles. The van der Waals surface area contributed by atoms with Gasteiger partial charge in [-0.15, -0.1) is 0 Å². The molecule has 7 heteroatoms. The summed E-state index contributed by atoms with van der Waals surface area (Å²) in [5.41, 5.74) is -0.837. The van der Waals surface area contributed by atoms with E-state index < -0.39 is 11.5 Å². The third-order valence-corrected chi connectivity index (χ3v) is 3.45. The molecule has 1 unspecified atom stereocenters. The number of rotatable bonds is 8. The van der Waals surface area contributed by atoms with Crippen molar-refractivity contribution in [2.75, 3.05) is 12.3 Å². The summed E-state index contributed by atoms with van der Waals surface area (Å²) in [6.45, 7) is 4.28. The van der Waals surface area contributed by atoms with Crippen molar-refractivity contribution in [2.45, 2.75) is 37.4 Å². The van der Waals surface area contributed by atoms with Crippen molar-refractivity contribution in [1.82, 2.24) is 20.5 Å². The van der Waals surface area contributed by atoms with E-state index in [2.05, 4.69) is 20.5 Å². The van der Waals surface area contributed by atoms with E-state index in [-0.39, 0.29) is 0 Å². The molecule has 6 nitrogen and oxygen atoms in total. The molecule has 0 amide bonds. The van der Waals surface area contributed by atoms with Crippen LogP contribution in [0.5, 0.6) is 0 Å². The number of aromatic nitrogens is 3.